The van der Waals surface area contributed by atoms with Crippen LogP contribution in [-0.4, -0.2) is 20.3 Å². The molecule has 3 aromatic rings. The van der Waals surface area contributed by atoms with Crippen LogP contribution in [0.25, 0.3) is 5.78 Å². The number of fused-ring (bicyclic) bond motifs is 1. The Balaban J connectivity index is 1.95. The summed E-state index contributed by atoms with van der Waals surface area (Å²) < 4.78 is 14.0. The maximum atomic E-state index is 12.8. The molecule has 0 aliphatic carbocycles. The summed E-state index contributed by atoms with van der Waals surface area (Å²) in [4.78, 5) is 32.1. The Labute approximate surface area is 117 Å². The van der Waals surface area contributed by atoms with E-state index < -0.39 is 17.3 Å². The first-order valence-corrected chi connectivity index (χ1v) is 6.04. The van der Waals surface area contributed by atoms with Crippen LogP contribution in [-0.2, 0) is 0 Å². The monoisotopic (exact) mass is 284 g/mol. The maximum Gasteiger partial charge on any atom is 0.282 e. The van der Waals surface area contributed by atoms with Crippen molar-refractivity contribution < 1.29 is 9.18 Å². The average molecular weight is 284 g/mol. The molecule has 0 saturated carbocycles. The zero-order valence-electron chi connectivity index (χ0n) is 10.7. The first kappa shape index (κ1) is 12.9. The first-order chi connectivity index (χ1) is 10.1. The van der Waals surface area contributed by atoms with E-state index in [9.17, 15) is 14.0 Å². The molecule has 0 atom stereocenters. The van der Waals surface area contributed by atoms with E-state index in [1.54, 1.807) is 6.07 Å². The lowest BCUT2D eigenvalue weighted by Gasteiger charge is -2.05. The van der Waals surface area contributed by atoms with Crippen LogP contribution in [0.1, 0.15) is 10.4 Å². The van der Waals surface area contributed by atoms with Gasteiger partial charge in [0, 0.05) is 18.0 Å². The Morgan fingerprint density at radius 1 is 1.19 bits per heavy atom. The number of nitrogens with one attached hydrogen (secondary N) is 1. The molecule has 0 bridgehead atoms. The minimum Gasteiger partial charge on any atom is -0.316 e. The fourth-order valence-corrected chi connectivity index (χ4v) is 1.81. The van der Waals surface area contributed by atoms with Crippen LogP contribution in [0.4, 0.5) is 10.1 Å². The molecule has 2 aromatic heterocycles. The fourth-order valence-electron chi connectivity index (χ4n) is 1.81. The van der Waals surface area contributed by atoms with Gasteiger partial charge in [0.15, 0.2) is 0 Å². The lowest BCUT2D eigenvalue weighted by molar-refractivity contribution is 0.102. The standard InChI is InChI=1S/C14H9FN4O2/c15-10-4-2-9(3-5-10)12(20)18-11-8-17-14-16-6-1-7-19(14)13(11)21/h1-8H,(H,18,20). The molecule has 0 saturated heterocycles. The van der Waals surface area contributed by atoms with Crippen LogP contribution in [0.15, 0.2) is 53.7 Å². The van der Waals surface area contributed by atoms with Crippen molar-refractivity contribution in [3.63, 3.8) is 0 Å². The molecule has 0 radical (unpaired) electrons. The van der Waals surface area contributed by atoms with Gasteiger partial charge < -0.3 is 5.32 Å². The van der Waals surface area contributed by atoms with Crippen molar-refractivity contribution in [2.24, 2.45) is 0 Å². The van der Waals surface area contributed by atoms with Crippen molar-refractivity contribution in [3.05, 3.63) is 70.7 Å². The summed E-state index contributed by atoms with van der Waals surface area (Å²) in [6, 6.07) is 6.59. The summed E-state index contributed by atoms with van der Waals surface area (Å²) in [6.07, 6.45) is 4.26. The Morgan fingerprint density at radius 3 is 2.71 bits per heavy atom. The minimum atomic E-state index is -0.516. The third kappa shape index (κ3) is 2.48. The molecule has 0 unspecified atom stereocenters. The number of anilines is 1. The smallest absolute Gasteiger partial charge is 0.282 e. The topological polar surface area (TPSA) is 76.4 Å². The highest BCUT2D eigenvalue weighted by Crippen LogP contribution is 2.06. The highest BCUT2D eigenvalue weighted by Gasteiger charge is 2.10. The summed E-state index contributed by atoms with van der Waals surface area (Å²) in [5, 5.41) is 2.45. The van der Waals surface area contributed by atoms with Crippen LogP contribution in [0.3, 0.4) is 0 Å². The number of aromatic nitrogens is 3. The Morgan fingerprint density at radius 2 is 1.95 bits per heavy atom. The number of halogens is 1. The van der Waals surface area contributed by atoms with Crippen molar-refractivity contribution in [3.8, 4) is 0 Å². The summed E-state index contributed by atoms with van der Waals surface area (Å²) in [6.45, 7) is 0. The fraction of sp³-hybridized carbons (Fsp3) is 0. The van der Waals surface area contributed by atoms with Gasteiger partial charge in [0.2, 0.25) is 5.78 Å². The summed E-state index contributed by atoms with van der Waals surface area (Å²) in [5.41, 5.74) is -0.175. The van der Waals surface area contributed by atoms with E-state index >= 15 is 0 Å². The number of hydrogen-bond acceptors (Lipinski definition) is 4. The molecule has 3 rings (SSSR count). The number of amides is 1. The highest BCUT2D eigenvalue weighted by molar-refractivity contribution is 6.04. The second kappa shape index (κ2) is 5.12. The van der Waals surface area contributed by atoms with Crippen LogP contribution < -0.4 is 10.9 Å². The van der Waals surface area contributed by atoms with E-state index in [0.717, 1.165) is 0 Å². The highest BCUT2D eigenvalue weighted by atomic mass is 19.1. The normalized spacial score (nSPS) is 10.5. The molecule has 21 heavy (non-hydrogen) atoms. The Kier molecular flexibility index (Phi) is 3.15. The molecule has 0 aliphatic rings. The molecule has 7 heteroatoms. The first-order valence-electron chi connectivity index (χ1n) is 6.04. The lowest BCUT2D eigenvalue weighted by atomic mass is 10.2. The van der Waals surface area contributed by atoms with Gasteiger partial charge in [-0.25, -0.2) is 14.4 Å². The van der Waals surface area contributed by atoms with Gasteiger partial charge in [-0.15, -0.1) is 0 Å². The maximum absolute atomic E-state index is 12.8. The largest absolute Gasteiger partial charge is 0.316 e. The van der Waals surface area contributed by atoms with Crippen LogP contribution in [0, 0.1) is 5.82 Å². The van der Waals surface area contributed by atoms with Gasteiger partial charge in [0.25, 0.3) is 11.5 Å². The predicted molar refractivity (Wildman–Crippen MR) is 73.6 cm³/mol. The van der Waals surface area contributed by atoms with E-state index in [0.29, 0.717) is 0 Å². The van der Waals surface area contributed by atoms with Crippen LogP contribution >= 0.6 is 0 Å². The number of carbonyl (C=O) groups is 1. The molecule has 2 heterocycles. The number of nitrogens with zero attached hydrogens (tertiary/aromatic N) is 3. The average Bonchev–Trinajstić information content (AvgIpc) is 2.51. The number of benzene rings is 1. The van der Waals surface area contributed by atoms with Gasteiger partial charge in [-0.2, -0.15) is 0 Å². The Bertz CT molecular complexity index is 874. The van der Waals surface area contributed by atoms with E-state index in [2.05, 4.69) is 15.3 Å². The van der Waals surface area contributed by atoms with E-state index in [-0.39, 0.29) is 17.0 Å². The van der Waals surface area contributed by atoms with Gasteiger partial charge >= 0.3 is 0 Å². The molecule has 0 aliphatic heterocycles. The number of hydrogen-bond donors (Lipinski definition) is 1. The Hall–Kier alpha value is -3.09. The van der Waals surface area contributed by atoms with Gasteiger partial charge in [0.05, 0.1) is 6.20 Å². The van der Waals surface area contributed by atoms with E-state index in [4.69, 9.17) is 0 Å². The third-order valence-electron chi connectivity index (χ3n) is 2.84. The molecule has 0 spiro atoms. The van der Waals surface area contributed by atoms with Gasteiger partial charge in [0.1, 0.15) is 11.5 Å². The third-order valence-corrected chi connectivity index (χ3v) is 2.84. The lowest BCUT2D eigenvalue weighted by Crippen LogP contribution is -2.23. The molecule has 1 amide bonds. The molecule has 0 fully saturated rings. The van der Waals surface area contributed by atoms with Gasteiger partial charge in [-0.1, -0.05) is 0 Å². The molecule has 104 valence electrons. The van der Waals surface area contributed by atoms with E-state index in [1.165, 1.54) is 47.3 Å². The van der Waals surface area contributed by atoms with Crippen LogP contribution in [0.5, 0.6) is 0 Å². The van der Waals surface area contributed by atoms with Gasteiger partial charge in [-0.3, -0.25) is 14.0 Å². The zero-order valence-corrected chi connectivity index (χ0v) is 10.7. The number of carbonyl (C=O) groups excluding carboxylic acids is 1. The van der Waals surface area contributed by atoms with Crippen LogP contribution in [0.2, 0.25) is 0 Å². The summed E-state index contributed by atoms with van der Waals surface area (Å²) in [5.74, 6) is -0.718. The zero-order chi connectivity index (χ0) is 14.8. The molecule has 1 N–H and O–H groups in total. The SMILES string of the molecule is O=C(Nc1cnc2ncccn2c1=O)c1ccc(F)cc1. The minimum absolute atomic E-state index is 0.0230. The van der Waals surface area contributed by atoms with Crippen molar-refractivity contribution in [2.45, 2.75) is 0 Å². The van der Waals surface area contributed by atoms with Crippen molar-refractivity contribution in [1.82, 2.24) is 14.4 Å². The second-order valence-corrected chi connectivity index (χ2v) is 4.23. The van der Waals surface area contributed by atoms with Crippen molar-refractivity contribution in [2.75, 3.05) is 5.32 Å². The van der Waals surface area contributed by atoms with Gasteiger partial charge in [-0.05, 0) is 30.3 Å². The summed E-state index contributed by atoms with van der Waals surface area (Å²) >= 11 is 0. The number of rotatable bonds is 2. The van der Waals surface area contributed by atoms with Crippen molar-refractivity contribution in [1.29, 1.82) is 0 Å². The summed E-state index contributed by atoms with van der Waals surface area (Å²) in [7, 11) is 0. The molecular formula is C14H9FN4O2. The second-order valence-electron chi connectivity index (χ2n) is 4.23. The molecule has 6 nitrogen and oxygen atoms in total. The van der Waals surface area contributed by atoms with E-state index in [1.807, 2.05) is 0 Å². The predicted octanol–water partition coefficient (Wildman–Crippen LogP) is 1.48. The van der Waals surface area contributed by atoms with Crippen molar-refractivity contribution >= 4 is 17.4 Å². The quantitative estimate of drug-likeness (QED) is 0.773. The molecule has 1 aromatic carbocycles. The molecular weight excluding hydrogens is 275 g/mol.